The number of aryl methyl sites for hydroxylation is 1. The Morgan fingerprint density at radius 3 is 2.67 bits per heavy atom. The Hall–Kier alpha value is -0.920. The third-order valence-corrected chi connectivity index (χ3v) is 1.91. The molecule has 0 amide bonds. The summed E-state index contributed by atoms with van der Waals surface area (Å²) >= 11 is 0. The molecule has 2 heteroatoms. The molecule has 0 N–H and O–H groups in total. The summed E-state index contributed by atoms with van der Waals surface area (Å²) in [5, 5.41) is 0. The summed E-state index contributed by atoms with van der Waals surface area (Å²) in [6.07, 6.45) is 0. The lowest BCUT2D eigenvalue weighted by Gasteiger charge is -2.08. The number of rotatable bonds is 2. The van der Waals surface area contributed by atoms with Crippen LogP contribution in [0.5, 0.6) is 0 Å². The molecule has 0 heterocycles. The van der Waals surface area contributed by atoms with Gasteiger partial charge in [0.15, 0.2) is 0 Å². The number of halogens is 2. The molecule has 0 aliphatic rings. The van der Waals surface area contributed by atoms with Crippen molar-refractivity contribution < 1.29 is 8.78 Å². The topological polar surface area (TPSA) is 0 Å². The van der Waals surface area contributed by atoms with Crippen LogP contribution in [-0.2, 0) is 0 Å². The summed E-state index contributed by atoms with van der Waals surface area (Å²) in [7, 11) is 0. The molecule has 0 aliphatic carbocycles. The lowest BCUT2D eigenvalue weighted by Crippen LogP contribution is -1.99. The van der Waals surface area contributed by atoms with Gasteiger partial charge in [0.1, 0.15) is 5.82 Å². The van der Waals surface area contributed by atoms with Gasteiger partial charge < -0.3 is 0 Å². The Kier molecular flexibility index (Phi) is 2.79. The molecule has 0 aliphatic heterocycles. The van der Waals surface area contributed by atoms with E-state index in [1.807, 2.05) is 6.92 Å². The van der Waals surface area contributed by atoms with Gasteiger partial charge in [0.05, 0.1) is 6.67 Å². The highest BCUT2D eigenvalue weighted by Crippen LogP contribution is 2.20. The molecule has 0 saturated carbocycles. The van der Waals surface area contributed by atoms with Crippen LogP contribution in [0.3, 0.4) is 0 Å². The van der Waals surface area contributed by atoms with Gasteiger partial charge >= 0.3 is 0 Å². The van der Waals surface area contributed by atoms with E-state index in [2.05, 4.69) is 0 Å². The van der Waals surface area contributed by atoms with Gasteiger partial charge in [-0.15, -0.1) is 0 Å². The van der Waals surface area contributed by atoms with Crippen molar-refractivity contribution in [1.82, 2.24) is 0 Å². The van der Waals surface area contributed by atoms with Gasteiger partial charge in [0.2, 0.25) is 0 Å². The molecule has 0 saturated heterocycles. The molecule has 0 aromatic heterocycles. The summed E-state index contributed by atoms with van der Waals surface area (Å²) in [6.45, 7) is 3.03. The van der Waals surface area contributed by atoms with Gasteiger partial charge in [0, 0.05) is 5.92 Å². The van der Waals surface area contributed by atoms with Crippen LogP contribution >= 0.6 is 0 Å². The summed E-state index contributed by atoms with van der Waals surface area (Å²) in [5.74, 6) is -0.657. The predicted molar refractivity (Wildman–Crippen MR) is 45.5 cm³/mol. The SMILES string of the molecule is Cc1ccc(F)c(C(C)CF)c1. The van der Waals surface area contributed by atoms with Crippen LogP contribution in [0.4, 0.5) is 8.78 Å². The molecule has 0 bridgehead atoms. The minimum absolute atomic E-state index is 0.314. The molecule has 66 valence electrons. The van der Waals surface area contributed by atoms with E-state index in [-0.39, 0.29) is 11.7 Å². The van der Waals surface area contributed by atoms with Crippen LogP contribution in [0, 0.1) is 12.7 Å². The zero-order valence-corrected chi connectivity index (χ0v) is 7.27. The van der Waals surface area contributed by atoms with E-state index in [1.54, 1.807) is 19.1 Å². The number of alkyl halides is 1. The van der Waals surface area contributed by atoms with Crippen molar-refractivity contribution in [3.63, 3.8) is 0 Å². The molecule has 0 fully saturated rings. The van der Waals surface area contributed by atoms with Gasteiger partial charge in [0.25, 0.3) is 0 Å². The monoisotopic (exact) mass is 170 g/mol. The molecule has 1 rings (SSSR count). The van der Waals surface area contributed by atoms with E-state index < -0.39 is 6.67 Å². The minimum atomic E-state index is -0.514. The molecular weight excluding hydrogens is 158 g/mol. The Labute approximate surface area is 71.2 Å². The standard InChI is InChI=1S/C10H12F2/c1-7-3-4-10(12)9(5-7)8(2)6-11/h3-5,8H,6H2,1-2H3. The smallest absolute Gasteiger partial charge is 0.126 e. The van der Waals surface area contributed by atoms with Crippen LogP contribution in [0.15, 0.2) is 18.2 Å². The van der Waals surface area contributed by atoms with E-state index in [4.69, 9.17) is 0 Å². The zero-order chi connectivity index (χ0) is 9.14. The average Bonchev–Trinajstić information content (AvgIpc) is 2.08. The maximum atomic E-state index is 13.0. The lowest BCUT2D eigenvalue weighted by atomic mass is 10.00. The number of benzene rings is 1. The third-order valence-electron chi connectivity index (χ3n) is 1.91. The summed E-state index contributed by atoms with van der Waals surface area (Å²) < 4.78 is 25.3. The van der Waals surface area contributed by atoms with Crippen molar-refractivity contribution in [3.05, 3.63) is 35.1 Å². The van der Waals surface area contributed by atoms with E-state index in [0.29, 0.717) is 5.56 Å². The third kappa shape index (κ3) is 1.81. The molecular formula is C10H12F2. The average molecular weight is 170 g/mol. The van der Waals surface area contributed by atoms with Crippen molar-refractivity contribution in [1.29, 1.82) is 0 Å². The first-order valence-electron chi connectivity index (χ1n) is 3.97. The van der Waals surface area contributed by atoms with Gasteiger partial charge in [-0.25, -0.2) is 4.39 Å². The molecule has 1 unspecified atom stereocenters. The second-order valence-electron chi connectivity index (χ2n) is 3.08. The fourth-order valence-corrected chi connectivity index (χ4v) is 1.12. The van der Waals surface area contributed by atoms with Crippen molar-refractivity contribution in [2.24, 2.45) is 0 Å². The van der Waals surface area contributed by atoms with Crippen LogP contribution in [0.25, 0.3) is 0 Å². The Morgan fingerprint density at radius 2 is 2.08 bits per heavy atom. The first kappa shape index (κ1) is 9.17. The highest BCUT2D eigenvalue weighted by atomic mass is 19.1. The molecule has 1 aromatic carbocycles. The Bertz CT molecular complexity index is 269. The zero-order valence-electron chi connectivity index (χ0n) is 7.27. The maximum Gasteiger partial charge on any atom is 0.126 e. The van der Waals surface area contributed by atoms with Crippen LogP contribution < -0.4 is 0 Å². The van der Waals surface area contributed by atoms with Gasteiger partial charge in [-0.3, -0.25) is 4.39 Å². The molecule has 0 radical (unpaired) electrons. The fraction of sp³-hybridized carbons (Fsp3) is 0.400. The van der Waals surface area contributed by atoms with E-state index in [1.165, 1.54) is 6.07 Å². The van der Waals surface area contributed by atoms with Gasteiger partial charge in [-0.2, -0.15) is 0 Å². The van der Waals surface area contributed by atoms with Crippen molar-refractivity contribution in [3.8, 4) is 0 Å². The molecule has 0 nitrogen and oxygen atoms in total. The van der Waals surface area contributed by atoms with Crippen molar-refractivity contribution in [2.45, 2.75) is 19.8 Å². The second-order valence-corrected chi connectivity index (χ2v) is 3.08. The molecule has 12 heavy (non-hydrogen) atoms. The van der Waals surface area contributed by atoms with Crippen molar-refractivity contribution in [2.75, 3.05) is 6.67 Å². The lowest BCUT2D eigenvalue weighted by molar-refractivity contribution is 0.436. The Morgan fingerprint density at radius 1 is 1.42 bits per heavy atom. The highest BCUT2D eigenvalue weighted by Gasteiger charge is 2.09. The summed E-state index contributed by atoms with van der Waals surface area (Å²) in [4.78, 5) is 0. The highest BCUT2D eigenvalue weighted by molar-refractivity contribution is 5.26. The van der Waals surface area contributed by atoms with Crippen LogP contribution in [0.1, 0.15) is 24.0 Å². The first-order valence-corrected chi connectivity index (χ1v) is 3.97. The molecule has 0 spiro atoms. The summed E-state index contributed by atoms with van der Waals surface area (Å²) in [5.41, 5.74) is 1.43. The Balaban J connectivity index is 3.04. The predicted octanol–water partition coefficient (Wildman–Crippen LogP) is 3.21. The number of hydrogen-bond donors (Lipinski definition) is 0. The van der Waals surface area contributed by atoms with Gasteiger partial charge in [-0.05, 0) is 18.6 Å². The van der Waals surface area contributed by atoms with Gasteiger partial charge in [-0.1, -0.05) is 24.6 Å². The first-order chi connectivity index (χ1) is 5.65. The van der Waals surface area contributed by atoms with E-state index in [9.17, 15) is 8.78 Å². The second kappa shape index (κ2) is 3.65. The normalized spacial score (nSPS) is 13.0. The van der Waals surface area contributed by atoms with E-state index >= 15 is 0 Å². The van der Waals surface area contributed by atoms with Crippen LogP contribution in [-0.4, -0.2) is 6.67 Å². The summed E-state index contributed by atoms with van der Waals surface area (Å²) in [6, 6.07) is 4.76. The van der Waals surface area contributed by atoms with Crippen LogP contribution in [0.2, 0.25) is 0 Å². The largest absolute Gasteiger partial charge is 0.250 e. The molecule has 1 atom stereocenters. The van der Waals surface area contributed by atoms with Crippen molar-refractivity contribution >= 4 is 0 Å². The quantitative estimate of drug-likeness (QED) is 0.639. The maximum absolute atomic E-state index is 13.0. The number of hydrogen-bond acceptors (Lipinski definition) is 0. The minimum Gasteiger partial charge on any atom is -0.250 e. The molecule has 1 aromatic rings. The van der Waals surface area contributed by atoms with E-state index in [0.717, 1.165) is 5.56 Å². The fourth-order valence-electron chi connectivity index (χ4n) is 1.12.